The van der Waals surface area contributed by atoms with Crippen LogP contribution in [0.15, 0.2) is 18.3 Å². The van der Waals surface area contributed by atoms with Gasteiger partial charge in [0.25, 0.3) is 11.7 Å². The normalized spacial score (nSPS) is 16.2. The van der Waals surface area contributed by atoms with Crippen molar-refractivity contribution in [3.8, 4) is 11.5 Å². The number of aromatic nitrogens is 1. The molecule has 0 atom stereocenters. The van der Waals surface area contributed by atoms with Gasteiger partial charge in [-0.3, -0.25) is 9.59 Å². The van der Waals surface area contributed by atoms with Gasteiger partial charge in [-0.05, 0) is 24.8 Å². The number of carbonyl (C=O) groups is 2. The third kappa shape index (κ3) is 2.12. The summed E-state index contributed by atoms with van der Waals surface area (Å²) in [6, 6.07) is 3.51. The predicted molar refractivity (Wildman–Crippen MR) is 74.5 cm³/mol. The largest absolute Gasteiger partial charge is 0.454 e. The molecule has 4 rings (SSSR count). The van der Waals surface area contributed by atoms with E-state index in [9.17, 15) is 9.59 Å². The molecule has 2 aliphatic rings. The number of hydrogen-bond acceptors (Lipinski definition) is 4. The number of nitrogens with one attached hydrogen (secondary N) is 2. The molecule has 0 spiro atoms. The Morgan fingerprint density at radius 2 is 2.00 bits per heavy atom. The average molecular weight is 286 g/mol. The van der Waals surface area contributed by atoms with Crippen LogP contribution in [0.3, 0.4) is 0 Å². The van der Waals surface area contributed by atoms with E-state index in [0.717, 1.165) is 18.4 Å². The summed E-state index contributed by atoms with van der Waals surface area (Å²) >= 11 is 0. The van der Waals surface area contributed by atoms with Crippen LogP contribution in [0.5, 0.6) is 11.5 Å². The van der Waals surface area contributed by atoms with E-state index < -0.39 is 11.7 Å². The fourth-order valence-corrected chi connectivity index (χ4v) is 2.46. The van der Waals surface area contributed by atoms with Crippen molar-refractivity contribution in [2.75, 3.05) is 13.3 Å². The van der Waals surface area contributed by atoms with E-state index >= 15 is 0 Å². The Labute approximate surface area is 120 Å². The minimum absolute atomic E-state index is 0.174. The summed E-state index contributed by atoms with van der Waals surface area (Å²) in [5.74, 6) is 0.691. The Bertz CT molecular complexity index is 745. The fourth-order valence-electron chi connectivity index (χ4n) is 2.46. The number of aromatic amines is 1. The van der Waals surface area contributed by atoms with Gasteiger partial charge in [0.05, 0.1) is 11.1 Å². The summed E-state index contributed by atoms with van der Waals surface area (Å²) in [6.45, 7) is 0.756. The van der Waals surface area contributed by atoms with Crippen LogP contribution in [0, 0.1) is 5.92 Å². The van der Waals surface area contributed by atoms with Crippen molar-refractivity contribution in [1.29, 1.82) is 0 Å². The summed E-state index contributed by atoms with van der Waals surface area (Å²) in [5, 5.41) is 3.36. The second-order valence-corrected chi connectivity index (χ2v) is 5.44. The molecule has 1 aromatic heterocycles. The van der Waals surface area contributed by atoms with Crippen LogP contribution in [-0.4, -0.2) is 30.0 Å². The molecule has 1 amide bonds. The molecular formula is C15H14N2O4. The summed E-state index contributed by atoms with van der Waals surface area (Å²) in [5.41, 5.74) is 1.11. The number of Topliss-reactive ketones (excluding diaryl/α,β-unsaturated/α-hetero) is 1. The van der Waals surface area contributed by atoms with E-state index in [1.54, 1.807) is 18.3 Å². The third-order valence-electron chi connectivity index (χ3n) is 3.87. The van der Waals surface area contributed by atoms with Crippen LogP contribution in [0.25, 0.3) is 10.9 Å². The quantitative estimate of drug-likeness (QED) is 0.661. The van der Waals surface area contributed by atoms with Crippen molar-refractivity contribution in [3.63, 3.8) is 0 Å². The van der Waals surface area contributed by atoms with Gasteiger partial charge in [0.2, 0.25) is 6.79 Å². The van der Waals surface area contributed by atoms with E-state index in [1.165, 1.54) is 0 Å². The Morgan fingerprint density at radius 3 is 2.76 bits per heavy atom. The molecular weight excluding hydrogens is 272 g/mol. The highest BCUT2D eigenvalue weighted by Gasteiger charge is 2.26. The first-order chi connectivity index (χ1) is 10.2. The average Bonchev–Trinajstić information content (AvgIpc) is 3.06. The van der Waals surface area contributed by atoms with Gasteiger partial charge in [0, 0.05) is 24.2 Å². The van der Waals surface area contributed by atoms with Gasteiger partial charge in [-0.15, -0.1) is 0 Å². The van der Waals surface area contributed by atoms with E-state index in [1.807, 2.05) is 0 Å². The molecule has 21 heavy (non-hydrogen) atoms. The van der Waals surface area contributed by atoms with Gasteiger partial charge in [0.15, 0.2) is 11.5 Å². The van der Waals surface area contributed by atoms with Crippen molar-refractivity contribution >= 4 is 22.6 Å². The Balaban J connectivity index is 1.62. The highest BCUT2D eigenvalue weighted by molar-refractivity contribution is 6.45. The Kier molecular flexibility index (Phi) is 2.63. The van der Waals surface area contributed by atoms with Crippen LogP contribution in [0.1, 0.15) is 23.2 Å². The first-order valence-corrected chi connectivity index (χ1v) is 6.95. The van der Waals surface area contributed by atoms with Crippen LogP contribution >= 0.6 is 0 Å². The van der Waals surface area contributed by atoms with Gasteiger partial charge in [-0.2, -0.15) is 0 Å². The van der Waals surface area contributed by atoms with Crippen molar-refractivity contribution in [2.24, 2.45) is 5.92 Å². The van der Waals surface area contributed by atoms with E-state index in [4.69, 9.17) is 9.47 Å². The van der Waals surface area contributed by atoms with Crippen LogP contribution in [0.4, 0.5) is 0 Å². The van der Waals surface area contributed by atoms with Crippen molar-refractivity contribution < 1.29 is 19.1 Å². The molecule has 2 N–H and O–H groups in total. The predicted octanol–water partition coefficient (Wildman–Crippen LogP) is 1.61. The number of ketones is 1. The zero-order chi connectivity index (χ0) is 14.4. The lowest BCUT2D eigenvalue weighted by atomic mass is 10.1. The second-order valence-electron chi connectivity index (χ2n) is 5.44. The molecule has 1 aliphatic carbocycles. The minimum atomic E-state index is -0.555. The first-order valence-electron chi connectivity index (χ1n) is 6.95. The molecule has 0 saturated heterocycles. The van der Waals surface area contributed by atoms with Crippen LogP contribution in [-0.2, 0) is 4.79 Å². The molecule has 108 valence electrons. The standard InChI is InChI=1S/C15H14N2O4/c18-14(15(19)17-5-8-1-2-8)10-6-16-11-4-13-12(3-9(10)11)20-7-21-13/h3-4,6,8,16H,1-2,5,7H2,(H,17,19). The third-order valence-corrected chi connectivity index (χ3v) is 3.87. The Hall–Kier alpha value is -2.50. The number of fused-ring (bicyclic) bond motifs is 2. The maximum atomic E-state index is 12.2. The van der Waals surface area contributed by atoms with Gasteiger partial charge in [-0.25, -0.2) is 0 Å². The number of benzene rings is 1. The maximum absolute atomic E-state index is 12.2. The number of amides is 1. The van der Waals surface area contributed by atoms with Crippen molar-refractivity contribution in [3.05, 3.63) is 23.9 Å². The molecule has 0 unspecified atom stereocenters. The van der Waals surface area contributed by atoms with Gasteiger partial charge in [0.1, 0.15) is 0 Å². The molecule has 1 fully saturated rings. The lowest BCUT2D eigenvalue weighted by Gasteiger charge is -2.02. The summed E-state index contributed by atoms with van der Waals surface area (Å²) < 4.78 is 10.6. The molecule has 6 nitrogen and oxygen atoms in total. The molecule has 1 aromatic carbocycles. The SMILES string of the molecule is O=C(NCC1CC1)C(=O)c1c[nH]c2cc3c(cc12)OCO3. The van der Waals surface area contributed by atoms with E-state index in [2.05, 4.69) is 10.3 Å². The number of rotatable bonds is 4. The Morgan fingerprint density at radius 1 is 1.24 bits per heavy atom. The second kappa shape index (κ2) is 4.51. The lowest BCUT2D eigenvalue weighted by molar-refractivity contribution is -0.117. The lowest BCUT2D eigenvalue weighted by Crippen LogP contribution is -2.32. The molecule has 1 aliphatic heterocycles. The number of hydrogen-bond donors (Lipinski definition) is 2. The highest BCUT2D eigenvalue weighted by atomic mass is 16.7. The van der Waals surface area contributed by atoms with E-state index in [-0.39, 0.29) is 6.79 Å². The fraction of sp³-hybridized carbons (Fsp3) is 0.333. The molecule has 6 heteroatoms. The van der Waals surface area contributed by atoms with Crippen molar-refractivity contribution in [2.45, 2.75) is 12.8 Å². The summed E-state index contributed by atoms with van der Waals surface area (Å²) in [7, 11) is 0. The molecule has 2 heterocycles. The monoisotopic (exact) mass is 286 g/mol. The zero-order valence-electron chi connectivity index (χ0n) is 11.3. The van der Waals surface area contributed by atoms with Crippen molar-refractivity contribution in [1.82, 2.24) is 10.3 Å². The minimum Gasteiger partial charge on any atom is -0.454 e. The molecule has 1 saturated carbocycles. The number of H-pyrrole nitrogens is 1. The molecule has 0 bridgehead atoms. The number of carbonyl (C=O) groups excluding carboxylic acids is 2. The summed E-state index contributed by atoms with van der Waals surface area (Å²) in [6.07, 6.45) is 3.81. The first kappa shape index (κ1) is 12.3. The van der Waals surface area contributed by atoms with Gasteiger partial charge < -0.3 is 19.8 Å². The zero-order valence-corrected chi connectivity index (χ0v) is 11.3. The van der Waals surface area contributed by atoms with E-state index in [0.29, 0.717) is 34.9 Å². The molecule has 0 radical (unpaired) electrons. The number of ether oxygens (including phenoxy) is 2. The maximum Gasteiger partial charge on any atom is 0.292 e. The van der Waals surface area contributed by atoms with Gasteiger partial charge in [-0.1, -0.05) is 0 Å². The topological polar surface area (TPSA) is 80.4 Å². The summed E-state index contributed by atoms with van der Waals surface area (Å²) in [4.78, 5) is 27.2. The smallest absolute Gasteiger partial charge is 0.292 e. The highest BCUT2D eigenvalue weighted by Crippen LogP contribution is 2.37. The van der Waals surface area contributed by atoms with Gasteiger partial charge >= 0.3 is 0 Å². The molecule has 2 aromatic rings. The van der Waals surface area contributed by atoms with Crippen LogP contribution in [0.2, 0.25) is 0 Å². The van der Waals surface area contributed by atoms with Crippen LogP contribution < -0.4 is 14.8 Å².